The number of likely N-dealkylation sites (tertiary alicyclic amines) is 1. The van der Waals surface area contributed by atoms with Crippen LogP contribution in [0.2, 0.25) is 0 Å². The molecule has 2 fully saturated rings. The van der Waals surface area contributed by atoms with Crippen LogP contribution in [0.1, 0.15) is 59.6 Å². The summed E-state index contributed by atoms with van der Waals surface area (Å²) >= 11 is 0. The fourth-order valence-electron chi connectivity index (χ4n) is 5.35. The van der Waals surface area contributed by atoms with E-state index in [1.807, 2.05) is 52.2 Å². The highest BCUT2D eigenvalue weighted by Crippen LogP contribution is 2.36. The van der Waals surface area contributed by atoms with Crippen molar-refractivity contribution >= 4 is 16.9 Å². The number of carbonyl (C=O) groups excluding carboxylic acids is 1. The highest BCUT2D eigenvalue weighted by atomic mass is 16.5. The predicted molar refractivity (Wildman–Crippen MR) is 130 cm³/mol. The molecule has 2 aliphatic rings. The number of hydrogen-bond acceptors (Lipinski definition) is 4. The maximum absolute atomic E-state index is 13.3. The smallest absolute Gasteiger partial charge is 0.253 e. The minimum atomic E-state index is 0.0737. The number of hydrogen-bond donors (Lipinski definition) is 0. The molecule has 4 aromatic rings. The number of fused-ring (bicyclic) bond motifs is 1. The van der Waals surface area contributed by atoms with Crippen molar-refractivity contribution < 1.29 is 9.53 Å². The van der Waals surface area contributed by atoms with E-state index in [0.29, 0.717) is 12.6 Å². The van der Waals surface area contributed by atoms with Gasteiger partial charge in [-0.3, -0.25) is 9.48 Å². The summed E-state index contributed by atoms with van der Waals surface area (Å²) < 4.78 is 10.3. The van der Waals surface area contributed by atoms with Gasteiger partial charge in [-0.1, -0.05) is 24.3 Å². The number of rotatable bonds is 5. The lowest BCUT2D eigenvalue weighted by atomic mass is 10.0. The molecule has 2 aromatic carbocycles. The second kappa shape index (κ2) is 9.06. The zero-order chi connectivity index (χ0) is 22.9. The van der Waals surface area contributed by atoms with Crippen molar-refractivity contribution in [3.05, 3.63) is 83.9 Å². The van der Waals surface area contributed by atoms with Gasteiger partial charge in [-0.15, -0.1) is 0 Å². The average Bonchev–Trinajstić information content (AvgIpc) is 3.65. The molecule has 0 N–H and O–H groups in total. The Labute approximate surface area is 199 Å². The molecule has 2 saturated heterocycles. The van der Waals surface area contributed by atoms with Gasteiger partial charge in [0, 0.05) is 43.7 Å². The quantitative estimate of drug-likeness (QED) is 0.441. The van der Waals surface area contributed by atoms with E-state index in [-0.39, 0.29) is 12.0 Å². The van der Waals surface area contributed by atoms with E-state index < -0.39 is 0 Å². The minimum absolute atomic E-state index is 0.0737. The first-order chi connectivity index (χ1) is 16.8. The Balaban J connectivity index is 1.19. The Morgan fingerprint density at radius 3 is 2.71 bits per heavy atom. The van der Waals surface area contributed by atoms with Crippen LogP contribution in [-0.4, -0.2) is 49.8 Å². The summed E-state index contributed by atoms with van der Waals surface area (Å²) in [6.45, 7) is 2.95. The molecule has 1 atom stereocenters. The molecular formula is C27H29N5O2. The van der Waals surface area contributed by atoms with Crippen molar-refractivity contribution in [2.24, 2.45) is 0 Å². The fraction of sp³-hybridized carbons (Fsp3) is 0.370. The summed E-state index contributed by atoms with van der Waals surface area (Å²) in [7, 11) is 0. The fourth-order valence-corrected chi connectivity index (χ4v) is 5.35. The molecule has 0 saturated carbocycles. The van der Waals surface area contributed by atoms with Crippen molar-refractivity contribution in [1.82, 2.24) is 24.2 Å². The Morgan fingerprint density at radius 1 is 1.03 bits per heavy atom. The first-order valence-corrected chi connectivity index (χ1v) is 12.2. The molecule has 0 spiro atoms. The lowest BCUT2D eigenvalue weighted by Gasteiger charge is -2.34. The zero-order valence-corrected chi connectivity index (χ0v) is 19.2. The Kier molecular flexibility index (Phi) is 5.63. The summed E-state index contributed by atoms with van der Waals surface area (Å²) in [4.78, 5) is 20.3. The lowest BCUT2D eigenvalue weighted by Crippen LogP contribution is -2.39. The first kappa shape index (κ1) is 21.1. The molecule has 4 heterocycles. The third kappa shape index (κ3) is 4.01. The van der Waals surface area contributed by atoms with Gasteiger partial charge in [-0.25, -0.2) is 4.98 Å². The highest BCUT2D eigenvalue weighted by Gasteiger charge is 2.31. The van der Waals surface area contributed by atoms with E-state index in [1.54, 1.807) is 6.20 Å². The number of piperidine rings is 1. The summed E-state index contributed by atoms with van der Waals surface area (Å²) in [6, 6.07) is 18.5. The van der Waals surface area contributed by atoms with Crippen LogP contribution in [0.3, 0.4) is 0 Å². The van der Waals surface area contributed by atoms with E-state index in [4.69, 9.17) is 9.72 Å². The molecule has 0 aliphatic carbocycles. The van der Waals surface area contributed by atoms with Crippen LogP contribution in [0.4, 0.5) is 0 Å². The SMILES string of the molecule is O=C(c1cccc(Cn2cccn2)c1)N1CCC(n2c(C3CCCO3)nc3ccccc32)CC1. The normalized spacial score (nSPS) is 19.2. The van der Waals surface area contributed by atoms with Crippen molar-refractivity contribution in [3.63, 3.8) is 0 Å². The molecule has 7 heteroatoms. The van der Waals surface area contributed by atoms with Gasteiger partial charge in [0.1, 0.15) is 11.9 Å². The number of carbonyl (C=O) groups is 1. The summed E-state index contributed by atoms with van der Waals surface area (Å²) in [5.74, 6) is 1.16. The molecule has 2 aliphatic heterocycles. The molecule has 7 nitrogen and oxygen atoms in total. The van der Waals surface area contributed by atoms with Crippen molar-refractivity contribution in [2.45, 2.75) is 44.4 Å². The van der Waals surface area contributed by atoms with Crippen LogP contribution in [0.15, 0.2) is 67.0 Å². The zero-order valence-electron chi connectivity index (χ0n) is 19.2. The number of ether oxygens (including phenoxy) is 1. The number of imidazole rings is 1. The monoisotopic (exact) mass is 455 g/mol. The molecule has 0 bridgehead atoms. The number of para-hydroxylation sites is 2. The van der Waals surface area contributed by atoms with Gasteiger partial charge in [-0.2, -0.15) is 5.10 Å². The standard InChI is InChI=1S/C27H29N5O2/c33-27(21-7-3-6-20(18-21)19-31-14-5-13-28-31)30-15-11-22(12-16-30)32-24-9-2-1-8-23(24)29-26(32)25-10-4-17-34-25/h1-3,5-9,13-14,18,22,25H,4,10-12,15-17,19H2. The second-order valence-electron chi connectivity index (χ2n) is 9.26. The highest BCUT2D eigenvalue weighted by molar-refractivity contribution is 5.94. The van der Waals surface area contributed by atoms with Gasteiger partial charge in [0.2, 0.25) is 0 Å². The number of amides is 1. The van der Waals surface area contributed by atoms with E-state index in [9.17, 15) is 4.79 Å². The van der Waals surface area contributed by atoms with Gasteiger partial charge in [0.05, 0.1) is 17.6 Å². The molecule has 2 aromatic heterocycles. The maximum Gasteiger partial charge on any atom is 0.253 e. The Bertz CT molecular complexity index is 1280. The van der Waals surface area contributed by atoms with E-state index in [1.165, 1.54) is 5.52 Å². The Hall–Kier alpha value is -3.45. The number of aromatic nitrogens is 4. The van der Waals surface area contributed by atoms with Crippen molar-refractivity contribution in [2.75, 3.05) is 19.7 Å². The third-order valence-electron chi connectivity index (χ3n) is 7.04. The summed E-state index contributed by atoms with van der Waals surface area (Å²) in [6.07, 6.45) is 7.72. The molecular weight excluding hydrogens is 426 g/mol. The largest absolute Gasteiger partial charge is 0.370 e. The van der Waals surface area contributed by atoms with Crippen LogP contribution in [0.5, 0.6) is 0 Å². The molecule has 1 unspecified atom stereocenters. The predicted octanol–water partition coefficient (Wildman–Crippen LogP) is 4.61. The molecule has 34 heavy (non-hydrogen) atoms. The maximum atomic E-state index is 13.3. The summed E-state index contributed by atoms with van der Waals surface area (Å²) in [5, 5.41) is 4.27. The van der Waals surface area contributed by atoms with Crippen LogP contribution in [0.25, 0.3) is 11.0 Å². The van der Waals surface area contributed by atoms with Gasteiger partial charge in [0.25, 0.3) is 5.91 Å². The molecule has 0 radical (unpaired) electrons. The molecule has 174 valence electrons. The lowest BCUT2D eigenvalue weighted by molar-refractivity contribution is 0.0682. The van der Waals surface area contributed by atoms with Gasteiger partial charge in [0.15, 0.2) is 0 Å². The number of nitrogens with zero attached hydrogens (tertiary/aromatic N) is 5. The first-order valence-electron chi connectivity index (χ1n) is 12.2. The van der Waals surface area contributed by atoms with Crippen LogP contribution >= 0.6 is 0 Å². The average molecular weight is 456 g/mol. The molecule has 1 amide bonds. The molecule has 6 rings (SSSR count). The van der Waals surface area contributed by atoms with E-state index >= 15 is 0 Å². The van der Waals surface area contributed by atoms with Gasteiger partial charge in [-0.05, 0) is 61.6 Å². The van der Waals surface area contributed by atoms with E-state index in [2.05, 4.69) is 27.9 Å². The third-order valence-corrected chi connectivity index (χ3v) is 7.04. The second-order valence-corrected chi connectivity index (χ2v) is 9.26. The minimum Gasteiger partial charge on any atom is -0.370 e. The Morgan fingerprint density at radius 2 is 1.91 bits per heavy atom. The van der Waals surface area contributed by atoms with Gasteiger partial charge < -0.3 is 14.2 Å². The van der Waals surface area contributed by atoms with Crippen LogP contribution in [0, 0.1) is 0 Å². The van der Waals surface area contributed by atoms with Crippen LogP contribution < -0.4 is 0 Å². The van der Waals surface area contributed by atoms with Gasteiger partial charge >= 0.3 is 0 Å². The van der Waals surface area contributed by atoms with Crippen molar-refractivity contribution in [1.29, 1.82) is 0 Å². The van der Waals surface area contributed by atoms with Crippen molar-refractivity contribution in [3.8, 4) is 0 Å². The van der Waals surface area contributed by atoms with Crippen LogP contribution in [-0.2, 0) is 11.3 Å². The number of benzene rings is 2. The summed E-state index contributed by atoms with van der Waals surface area (Å²) in [5.41, 5.74) is 4.02. The van der Waals surface area contributed by atoms with E-state index in [0.717, 1.165) is 67.8 Å². The topological polar surface area (TPSA) is 65.2 Å².